The average molecular weight is 272 g/mol. The molecule has 5 heteroatoms. The molecule has 0 radical (unpaired) electrons. The van der Waals surface area contributed by atoms with Crippen LogP contribution in [0, 0.1) is 0 Å². The lowest BCUT2D eigenvalue weighted by atomic mass is 10.2. The molecule has 1 rings (SSSR count). The Balaban J connectivity index is 2.41. The first-order chi connectivity index (χ1) is 8.56. The van der Waals surface area contributed by atoms with Gasteiger partial charge in [0.25, 0.3) is 0 Å². The van der Waals surface area contributed by atoms with E-state index < -0.39 is 11.2 Å². The number of hydrogen-bond acceptors (Lipinski definition) is 3. The van der Waals surface area contributed by atoms with Gasteiger partial charge in [0, 0.05) is 5.75 Å². The van der Waals surface area contributed by atoms with Crippen molar-refractivity contribution in [1.29, 1.82) is 0 Å². The van der Waals surface area contributed by atoms with Crippen molar-refractivity contribution < 1.29 is 18.3 Å². The Morgan fingerprint density at radius 1 is 1.39 bits per heavy atom. The van der Waals surface area contributed by atoms with Crippen molar-refractivity contribution in [2.75, 3.05) is 12.4 Å². The quantitative estimate of drug-likeness (QED) is 0.740. The van der Waals surface area contributed by atoms with E-state index in [-0.39, 0.29) is 24.1 Å². The molecule has 0 heterocycles. The first-order valence-corrected chi connectivity index (χ1v) is 6.45. The smallest absolute Gasteiger partial charge is 0.389 e. The summed E-state index contributed by atoms with van der Waals surface area (Å²) in [6.45, 7) is 1.45. The molecule has 0 amide bonds. The van der Waals surface area contributed by atoms with Crippen LogP contribution in [0.3, 0.4) is 0 Å². The standard InChI is InChI=1S/C13H14F2O2S/c1-2-17-12(16)13(14,15)18-10-6-9-11-7-4-3-5-8-11/h3-9H,2,10H2,1H3/b9-6+. The van der Waals surface area contributed by atoms with Gasteiger partial charge in [0.05, 0.1) is 6.61 Å². The second-order valence-corrected chi connectivity index (χ2v) is 4.50. The summed E-state index contributed by atoms with van der Waals surface area (Å²) in [4.78, 5) is 10.9. The molecule has 0 spiro atoms. The molecule has 0 bridgehead atoms. The zero-order chi connectivity index (χ0) is 13.4. The van der Waals surface area contributed by atoms with E-state index >= 15 is 0 Å². The van der Waals surface area contributed by atoms with Crippen LogP contribution in [0.25, 0.3) is 6.08 Å². The number of hydrogen-bond donors (Lipinski definition) is 0. The first kappa shape index (κ1) is 14.7. The van der Waals surface area contributed by atoms with Gasteiger partial charge in [0.2, 0.25) is 0 Å². The van der Waals surface area contributed by atoms with Crippen molar-refractivity contribution in [3.63, 3.8) is 0 Å². The number of benzene rings is 1. The number of ether oxygens (including phenoxy) is 1. The van der Waals surface area contributed by atoms with Crippen LogP contribution in [-0.4, -0.2) is 23.6 Å². The van der Waals surface area contributed by atoms with Crippen LogP contribution in [0.1, 0.15) is 12.5 Å². The number of thioether (sulfide) groups is 1. The minimum absolute atomic E-state index is 0.0424. The van der Waals surface area contributed by atoms with E-state index in [2.05, 4.69) is 4.74 Å². The summed E-state index contributed by atoms with van der Waals surface area (Å²) in [7, 11) is 0. The van der Waals surface area contributed by atoms with Crippen LogP contribution < -0.4 is 0 Å². The highest BCUT2D eigenvalue weighted by Crippen LogP contribution is 2.30. The average Bonchev–Trinajstić information content (AvgIpc) is 2.36. The maximum absolute atomic E-state index is 13.2. The van der Waals surface area contributed by atoms with E-state index in [0.29, 0.717) is 0 Å². The molecule has 0 saturated heterocycles. The summed E-state index contributed by atoms with van der Waals surface area (Å²) in [6.07, 6.45) is 3.32. The summed E-state index contributed by atoms with van der Waals surface area (Å²) >= 11 is 0.251. The third kappa shape index (κ3) is 4.87. The highest BCUT2D eigenvalue weighted by Gasteiger charge is 2.40. The molecular weight excluding hydrogens is 258 g/mol. The lowest BCUT2D eigenvalue weighted by Crippen LogP contribution is -2.27. The molecule has 1 aromatic rings. The van der Waals surface area contributed by atoms with Gasteiger partial charge in [-0.25, -0.2) is 4.79 Å². The fourth-order valence-corrected chi connectivity index (χ4v) is 1.75. The lowest BCUT2D eigenvalue weighted by molar-refractivity contribution is -0.159. The summed E-state index contributed by atoms with van der Waals surface area (Å²) in [5.74, 6) is -1.44. The van der Waals surface area contributed by atoms with E-state index in [1.165, 1.54) is 6.92 Å². The molecule has 0 aliphatic carbocycles. The van der Waals surface area contributed by atoms with Gasteiger partial charge in [-0.3, -0.25) is 0 Å². The number of rotatable bonds is 6. The molecule has 0 fully saturated rings. The number of carbonyl (C=O) groups excluding carboxylic acids is 1. The van der Waals surface area contributed by atoms with Gasteiger partial charge in [-0.1, -0.05) is 54.2 Å². The largest absolute Gasteiger partial charge is 0.461 e. The SMILES string of the molecule is CCOC(=O)C(F)(F)SC/C=C/c1ccccc1. The van der Waals surface area contributed by atoms with E-state index in [1.807, 2.05) is 30.3 Å². The highest BCUT2D eigenvalue weighted by molar-refractivity contribution is 8.01. The van der Waals surface area contributed by atoms with Crippen molar-refractivity contribution in [3.8, 4) is 0 Å². The van der Waals surface area contributed by atoms with Crippen LogP contribution in [-0.2, 0) is 9.53 Å². The van der Waals surface area contributed by atoms with Crippen molar-refractivity contribution in [2.24, 2.45) is 0 Å². The van der Waals surface area contributed by atoms with Crippen molar-refractivity contribution in [2.45, 2.75) is 12.2 Å². The molecule has 18 heavy (non-hydrogen) atoms. The maximum Gasteiger partial charge on any atom is 0.389 e. The molecule has 0 aliphatic rings. The fraction of sp³-hybridized carbons (Fsp3) is 0.308. The van der Waals surface area contributed by atoms with Crippen LogP contribution in [0.2, 0.25) is 0 Å². The molecule has 98 valence electrons. The Morgan fingerprint density at radius 2 is 2.06 bits per heavy atom. The predicted octanol–water partition coefficient (Wildman–Crippen LogP) is 3.59. The predicted molar refractivity (Wildman–Crippen MR) is 69.5 cm³/mol. The first-order valence-electron chi connectivity index (χ1n) is 5.47. The van der Waals surface area contributed by atoms with Gasteiger partial charge in [-0.15, -0.1) is 0 Å². The molecule has 0 aliphatic heterocycles. The van der Waals surface area contributed by atoms with E-state index in [9.17, 15) is 13.6 Å². The Morgan fingerprint density at radius 3 is 2.67 bits per heavy atom. The number of halogens is 2. The van der Waals surface area contributed by atoms with Crippen LogP contribution in [0.4, 0.5) is 8.78 Å². The van der Waals surface area contributed by atoms with Crippen LogP contribution >= 0.6 is 11.8 Å². The molecular formula is C13H14F2O2S. The Hall–Kier alpha value is -1.36. The van der Waals surface area contributed by atoms with Gasteiger partial charge in [0.15, 0.2) is 0 Å². The van der Waals surface area contributed by atoms with Crippen LogP contribution in [0.15, 0.2) is 36.4 Å². The molecule has 0 saturated carbocycles. The Bertz CT molecular complexity index is 405. The molecule has 1 aromatic carbocycles. The molecule has 2 nitrogen and oxygen atoms in total. The molecule has 0 aromatic heterocycles. The molecule has 0 N–H and O–H groups in total. The lowest BCUT2D eigenvalue weighted by Gasteiger charge is -2.12. The van der Waals surface area contributed by atoms with Gasteiger partial charge < -0.3 is 4.74 Å². The summed E-state index contributed by atoms with van der Waals surface area (Å²) in [5.41, 5.74) is 0.928. The third-order valence-electron chi connectivity index (χ3n) is 1.98. The minimum atomic E-state index is -3.49. The highest BCUT2D eigenvalue weighted by atomic mass is 32.2. The number of esters is 1. The van der Waals surface area contributed by atoms with Gasteiger partial charge in [-0.05, 0) is 12.5 Å². The van der Waals surface area contributed by atoms with Crippen LogP contribution in [0.5, 0.6) is 0 Å². The van der Waals surface area contributed by atoms with E-state index in [1.54, 1.807) is 12.2 Å². The van der Waals surface area contributed by atoms with Gasteiger partial charge >= 0.3 is 11.2 Å². The second-order valence-electron chi connectivity index (χ2n) is 3.36. The monoisotopic (exact) mass is 272 g/mol. The number of alkyl halides is 2. The van der Waals surface area contributed by atoms with E-state index in [4.69, 9.17) is 0 Å². The normalized spacial score (nSPS) is 11.7. The molecule has 0 atom stereocenters. The fourth-order valence-electron chi connectivity index (χ4n) is 1.18. The third-order valence-corrected chi connectivity index (χ3v) is 2.87. The minimum Gasteiger partial charge on any atom is -0.461 e. The van der Waals surface area contributed by atoms with Gasteiger partial charge in [-0.2, -0.15) is 8.78 Å². The van der Waals surface area contributed by atoms with Crippen molar-refractivity contribution in [3.05, 3.63) is 42.0 Å². The van der Waals surface area contributed by atoms with Crippen molar-refractivity contribution in [1.82, 2.24) is 0 Å². The number of carbonyl (C=O) groups is 1. The molecule has 0 unspecified atom stereocenters. The van der Waals surface area contributed by atoms with Crippen molar-refractivity contribution >= 4 is 23.8 Å². The topological polar surface area (TPSA) is 26.3 Å². The Labute approximate surface area is 109 Å². The zero-order valence-corrected chi connectivity index (χ0v) is 10.8. The summed E-state index contributed by atoms with van der Waals surface area (Å²) in [5, 5.41) is -3.49. The maximum atomic E-state index is 13.2. The van der Waals surface area contributed by atoms with Gasteiger partial charge in [0.1, 0.15) is 0 Å². The van der Waals surface area contributed by atoms with E-state index in [0.717, 1.165) is 5.56 Å². The summed E-state index contributed by atoms with van der Waals surface area (Å²) in [6, 6.07) is 9.33. The second kappa shape index (κ2) is 7.16. The summed E-state index contributed by atoms with van der Waals surface area (Å²) < 4.78 is 30.7. The Kier molecular flexibility index (Phi) is 5.85. The zero-order valence-electron chi connectivity index (χ0n) is 9.94.